The summed E-state index contributed by atoms with van der Waals surface area (Å²) in [5, 5.41) is 24.7. The maximum absolute atomic E-state index is 10.3. The van der Waals surface area contributed by atoms with Gasteiger partial charge in [-0.15, -0.1) is 0 Å². The first-order valence-electron chi connectivity index (χ1n) is 9.12. The van der Waals surface area contributed by atoms with Crippen molar-refractivity contribution in [1.82, 2.24) is 0 Å². The van der Waals surface area contributed by atoms with Gasteiger partial charge in [0.05, 0.1) is 0 Å². The van der Waals surface area contributed by atoms with Crippen LogP contribution in [-0.4, -0.2) is 27.6 Å². The summed E-state index contributed by atoms with van der Waals surface area (Å²) in [6.07, 6.45) is 14.6. The zero-order valence-corrected chi connectivity index (χ0v) is 14.7. The molecule has 0 heterocycles. The molecule has 0 unspecified atom stereocenters. The van der Waals surface area contributed by atoms with Crippen LogP contribution in [0.15, 0.2) is 0 Å². The monoisotopic (exact) mass is 318 g/mol. The molecule has 0 spiro atoms. The second kappa shape index (κ2) is 20.4. The molecule has 0 saturated heterocycles. The number of aliphatic hydroxyl groups excluding tert-OH is 1. The van der Waals surface area contributed by atoms with Crippen molar-refractivity contribution in [2.45, 2.75) is 110 Å². The van der Waals surface area contributed by atoms with Crippen LogP contribution < -0.4 is 0 Å². The predicted molar refractivity (Wildman–Crippen MR) is 91.8 cm³/mol. The molecule has 134 valence electrons. The number of unbranched alkanes of at least 4 members (excludes halogenated alkanes) is 10. The lowest BCUT2D eigenvalue weighted by Crippen LogP contribution is -2.01. The third kappa shape index (κ3) is 27.7. The van der Waals surface area contributed by atoms with Gasteiger partial charge in [0, 0.05) is 6.42 Å². The highest BCUT2D eigenvalue weighted by atomic mass is 16.5. The van der Waals surface area contributed by atoms with Crippen LogP contribution in [0.1, 0.15) is 104 Å². The summed E-state index contributed by atoms with van der Waals surface area (Å²) >= 11 is 0. The molecule has 0 rings (SSSR count). The molecule has 0 saturated carbocycles. The fraction of sp³-hybridized carbons (Fsp3) is 0.944. The van der Waals surface area contributed by atoms with E-state index in [1.807, 2.05) is 6.92 Å². The molecule has 0 atom stereocenters. The van der Waals surface area contributed by atoms with Gasteiger partial charge in [0.15, 0.2) is 6.29 Å². The summed E-state index contributed by atoms with van der Waals surface area (Å²) in [6.45, 7) is 4.15. The van der Waals surface area contributed by atoms with Gasteiger partial charge in [0.25, 0.3) is 0 Å². The van der Waals surface area contributed by atoms with Crippen LogP contribution in [0.2, 0.25) is 0 Å². The first-order chi connectivity index (χ1) is 10.5. The summed E-state index contributed by atoms with van der Waals surface area (Å²) in [6, 6.07) is 0. The second-order valence-corrected chi connectivity index (χ2v) is 5.95. The van der Waals surface area contributed by atoms with Crippen LogP contribution in [0.5, 0.6) is 0 Å². The number of carbonyl (C=O) groups is 1. The lowest BCUT2D eigenvalue weighted by atomic mass is 10.1. The molecule has 0 aromatic rings. The molecule has 0 bridgehead atoms. The highest BCUT2D eigenvalue weighted by Crippen LogP contribution is 2.11. The Bertz CT molecular complexity index is 217. The van der Waals surface area contributed by atoms with E-state index in [9.17, 15) is 4.79 Å². The van der Waals surface area contributed by atoms with Crippen LogP contribution in [0.25, 0.3) is 0 Å². The second-order valence-electron chi connectivity index (χ2n) is 5.95. The van der Waals surface area contributed by atoms with E-state index in [1.54, 1.807) is 0 Å². The number of rotatable bonds is 14. The minimum Gasteiger partial charge on any atom is -0.481 e. The quantitative estimate of drug-likeness (QED) is 0.315. The van der Waals surface area contributed by atoms with Crippen molar-refractivity contribution in [1.29, 1.82) is 0 Å². The minimum absolute atomic E-state index is 0.344. The van der Waals surface area contributed by atoms with Gasteiger partial charge in [0.2, 0.25) is 0 Å². The summed E-state index contributed by atoms with van der Waals surface area (Å²) in [7, 11) is 0. The van der Waals surface area contributed by atoms with Crippen molar-refractivity contribution in [3.8, 4) is 0 Å². The van der Waals surface area contributed by atoms with Gasteiger partial charge < -0.3 is 15.3 Å². The standard InChI is InChI=1S/C14H28O2.C4H10O2/c1-2-3-4-5-6-7-8-9-10-11-12-13-14(15)16;1-2-3-4(5)6/h2-13H2,1H3,(H,15,16);4-6H,2-3H2,1H3. The molecule has 4 heteroatoms. The van der Waals surface area contributed by atoms with Crippen molar-refractivity contribution < 1.29 is 20.1 Å². The van der Waals surface area contributed by atoms with Gasteiger partial charge in [-0.1, -0.05) is 84.5 Å². The van der Waals surface area contributed by atoms with Gasteiger partial charge in [-0.05, 0) is 12.8 Å². The average Bonchev–Trinajstić information content (AvgIpc) is 2.45. The molecular weight excluding hydrogens is 280 g/mol. The topological polar surface area (TPSA) is 77.8 Å². The molecule has 3 N–H and O–H groups in total. The maximum atomic E-state index is 10.3. The van der Waals surface area contributed by atoms with Crippen molar-refractivity contribution in [3.05, 3.63) is 0 Å². The highest BCUT2D eigenvalue weighted by molar-refractivity contribution is 5.66. The normalized spacial score (nSPS) is 10.4. The third-order valence-corrected chi connectivity index (χ3v) is 3.54. The molecule has 0 fully saturated rings. The van der Waals surface area contributed by atoms with E-state index in [4.69, 9.17) is 15.3 Å². The van der Waals surface area contributed by atoms with E-state index in [-0.39, 0.29) is 0 Å². The zero-order chi connectivity index (χ0) is 17.1. The molecule has 0 radical (unpaired) electrons. The third-order valence-electron chi connectivity index (χ3n) is 3.54. The Morgan fingerprint density at radius 3 is 1.41 bits per heavy atom. The minimum atomic E-state index is -1.10. The van der Waals surface area contributed by atoms with Gasteiger partial charge >= 0.3 is 5.97 Å². The van der Waals surface area contributed by atoms with E-state index in [2.05, 4.69) is 6.92 Å². The summed E-state index contributed by atoms with van der Waals surface area (Å²) < 4.78 is 0. The van der Waals surface area contributed by atoms with Crippen LogP contribution >= 0.6 is 0 Å². The number of aliphatic hydroxyl groups is 2. The van der Waals surface area contributed by atoms with Gasteiger partial charge in [0.1, 0.15) is 0 Å². The Balaban J connectivity index is 0. The zero-order valence-electron chi connectivity index (χ0n) is 14.7. The SMILES string of the molecule is CCCC(O)O.CCCCCCCCCCCCCC(=O)O. The number of hydrogen-bond acceptors (Lipinski definition) is 3. The Hall–Kier alpha value is -0.610. The molecule has 0 amide bonds. The Morgan fingerprint density at radius 2 is 1.14 bits per heavy atom. The van der Waals surface area contributed by atoms with Crippen molar-refractivity contribution >= 4 is 5.97 Å². The van der Waals surface area contributed by atoms with Crippen molar-refractivity contribution in [2.24, 2.45) is 0 Å². The molecule has 0 aromatic heterocycles. The Morgan fingerprint density at radius 1 is 0.727 bits per heavy atom. The summed E-state index contributed by atoms with van der Waals surface area (Å²) in [5.41, 5.74) is 0. The first kappa shape index (κ1) is 23.7. The Labute approximate surface area is 136 Å². The summed E-state index contributed by atoms with van der Waals surface area (Å²) in [4.78, 5) is 10.3. The van der Waals surface area contributed by atoms with E-state index in [0.29, 0.717) is 12.8 Å². The highest BCUT2D eigenvalue weighted by Gasteiger charge is 1.96. The molecular formula is C18H38O4. The van der Waals surface area contributed by atoms with Gasteiger partial charge in [-0.3, -0.25) is 4.79 Å². The number of hydrogen-bond donors (Lipinski definition) is 3. The molecule has 22 heavy (non-hydrogen) atoms. The first-order valence-corrected chi connectivity index (χ1v) is 9.12. The van der Waals surface area contributed by atoms with E-state index in [1.165, 1.54) is 57.8 Å². The number of aliphatic carboxylic acids is 1. The fourth-order valence-electron chi connectivity index (χ4n) is 2.20. The molecule has 0 aliphatic carbocycles. The largest absolute Gasteiger partial charge is 0.481 e. The lowest BCUT2D eigenvalue weighted by molar-refractivity contribution is -0.137. The van der Waals surface area contributed by atoms with Crippen molar-refractivity contribution in [3.63, 3.8) is 0 Å². The van der Waals surface area contributed by atoms with E-state index >= 15 is 0 Å². The summed E-state index contributed by atoms with van der Waals surface area (Å²) in [5.74, 6) is -0.657. The molecule has 0 aliphatic heterocycles. The van der Waals surface area contributed by atoms with Crippen LogP contribution in [0, 0.1) is 0 Å². The molecule has 0 aromatic carbocycles. The van der Waals surface area contributed by atoms with E-state index in [0.717, 1.165) is 19.3 Å². The van der Waals surface area contributed by atoms with Crippen LogP contribution in [0.3, 0.4) is 0 Å². The van der Waals surface area contributed by atoms with Crippen LogP contribution in [-0.2, 0) is 4.79 Å². The van der Waals surface area contributed by atoms with Crippen molar-refractivity contribution in [2.75, 3.05) is 0 Å². The molecule has 4 nitrogen and oxygen atoms in total. The smallest absolute Gasteiger partial charge is 0.303 e. The molecule has 0 aliphatic rings. The maximum Gasteiger partial charge on any atom is 0.303 e. The lowest BCUT2D eigenvalue weighted by Gasteiger charge is -2.01. The van der Waals surface area contributed by atoms with Gasteiger partial charge in [-0.2, -0.15) is 0 Å². The average molecular weight is 318 g/mol. The van der Waals surface area contributed by atoms with E-state index < -0.39 is 12.3 Å². The number of carboxylic acids is 1. The van der Waals surface area contributed by atoms with Crippen LogP contribution in [0.4, 0.5) is 0 Å². The Kier molecular flexibility index (Phi) is 21.9. The number of carboxylic acid groups (broad SMARTS) is 1. The predicted octanol–water partition coefficient (Wildman–Crippen LogP) is 4.87. The fourth-order valence-corrected chi connectivity index (χ4v) is 2.20. The van der Waals surface area contributed by atoms with Gasteiger partial charge in [-0.25, -0.2) is 0 Å².